The molecule has 3 unspecified atom stereocenters. The van der Waals surface area contributed by atoms with Crippen LogP contribution in [0.5, 0.6) is 0 Å². The first kappa shape index (κ1) is 18.4. The Morgan fingerprint density at radius 2 is 2.05 bits per heavy atom. The summed E-state index contributed by atoms with van der Waals surface area (Å²) < 4.78 is 5.14. The summed E-state index contributed by atoms with van der Waals surface area (Å²) in [6.07, 6.45) is 6.19. The van der Waals surface area contributed by atoms with Gasteiger partial charge in [-0.3, -0.25) is 9.69 Å². The van der Waals surface area contributed by atoms with Crippen LogP contribution in [0.3, 0.4) is 0 Å². The van der Waals surface area contributed by atoms with Gasteiger partial charge in [0.15, 0.2) is 0 Å². The Bertz CT molecular complexity index is 307. The number of hydrogen-bond donors (Lipinski definition) is 1. The van der Waals surface area contributed by atoms with Gasteiger partial charge in [-0.25, -0.2) is 0 Å². The van der Waals surface area contributed by atoms with Crippen LogP contribution < -0.4 is 5.73 Å². The van der Waals surface area contributed by atoms with E-state index in [-0.39, 0.29) is 5.97 Å². The maximum absolute atomic E-state index is 11.9. The molecule has 1 saturated carbocycles. The van der Waals surface area contributed by atoms with E-state index in [2.05, 4.69) is 25.7 Å². The number of esters is 1. The molecular weight excluding hydrogens is 264 g/mol. The minimum atomic E-state index is -0.111. The van der Waals surface area contributed by atoms with Crippen LogP contribution in [-0.2, 0) is 9.53 Å². The van der Waals surface area contributed by atoms with E-state index in [4.69, 9.17) is 10.5 Å². The molecule has 0 aromatic rings. The summed E-state index contributed by atoms with van der Waals surface area (Å²) in [4.78, 5) is 14.2. The molecule has 0 amide bonds. The summed E-state index contributed by atoms with van der Waals surface area (Å²) >= 11 is 0. The number of hydrogen-bond acceptors (Lipinski definition) is 4. The molecule has 0 radical (unpaired) electrons. The van der Waals surface area contributed by atoms with Crippen molar-refractivity contribution in [1.29, 1.82) is 0 Å². The zero-order valence-electron chi connectivity index (χ0n) is 14.3. The van der Waals surface area contributed by atoms with Crippen molar-refractivity contribution in [2.24, 2.45) is 17.6 Å². The normalized spacial score (nSPS) is 26.3. The second-order valence-electron chi connectivity index (χ2n) is 6.60. The highest BCUT2D eigenvalue weighted by Crippen LogP contribution is 2.35. The minimum absolute atomic E-state index is 0.111. The molecule has 0 saturated heterocycles. The molecule has 2 N–H and O–H groups in total. The SMILES string of the molecule is CCCC1CCC(CN)C(N(CC(=O)OCC)C(C)C)C1. The van der Waals surface area contributed by atoms with Crippen molar-refractivity contribution in [3.05, 3.63) is 0 Å². The van der Waals surface area contributed by atoms with Gasteiger partial charge in [-0.2, -0.15) is 0 Å². The lowest BCUT2D eigenvalue weighted by Crippen LogP contribution is -2.51. The van der Waals surface area contributed by atoms with E-state index in [1.54, 1.807) is 0 Å². The van der Waals surface area contributed by atoms with E-state index >= 15 is 0 Å². The van der Waals surface area contributed by atoms with Gasteiger partial charge in [0, 0.05) is 12.1 Å². The highest BCUT2D eigenvalue weighted by molar-refractivity contribution is 5.71. The third-order valence-corrected chi connectivity index (χ3v) is 4.77. The maximum Gasteiger partial charge on any atom is 0.320 e. The van der Waals surface area contributed by atoms with Crippen LogP contribution in [0.2, 0.25) is 0 Å². The Labute approximate surface area is 130 Å². The van der Waals surface area contributed by atoms with Crippen molar-refractivity contribution in [3.8, 4) is 0 Å². The molecule has 1 fully saturated rings. The Morgan fingerprint density at radius 1 is 1.33 bits per heavy atom. The zero-order chi connectivity index (χ0) is 15.8. The van der Waals surface area contributed by atoms with Crippen LogP contribution in [0.15, 0.2) is 0 Å². The monoisotopic (exact) mass is 298 g/mol. The standard InChI is InChI=1S/C17H34N2O2/c1-5-7-14-8-9-15(11-18)16(10-14)19(13(3)4)12-17(20)21-6-2/h13-16H,5-12,18H2,1-4H3. The number of ether oxygens (including phenoxy) is 1. The van der Waals surface area contributed by atoms with Crippen LogP contribution in [-0.4, -0.2) is 42.6 Å². The average molecular weight is 298 g/mol. The van der Waals surface area contributed by atoms with Crippen molar-refractivity contribution in [3.63, 3.8) is 0 Å². The van der Waals surface area contributed by atoms with Gasteiger partial charge in [0.25, 0.3) is 0 Å². The van der Waals surface area contributed by atoms with E-state index in [0.29, 0.717) is 31.2 Å². The van der Waals surface area contributed by atoms with E-state index < -0.39 is 0 Å². The first-order chi connectivity index (χ1) is 10.0. The van der Waals surface area contributed by atoms with Crippen LogP contribution >= 0.6 is 0 Å². The van der Waals surface area contributed by atoms with Crippen LogP contribution in [0.4, 0.5) is 0 Å². The fourth-order valence-electron chi connectivity index (χ4n) is 3.68. The van der Waals surface area contributed by atoms with Gasteiger partial charge in [-0.05, 0) is 52.0 Å². The number of carbonyl (C=O) groups excluding carboxylic acids is 1. The molecule has 4 heteroatoms. The average Bonchev–Trinajstić information content (AvgIpc) is 2.45. The summed E-state index contributed by atoms with van der Waals surface area (Å²) in [6.45, 7) is 10.0. The highest BCUT2D eigenvalue weighted by Gasteiger charge is 2.35. The summed E-state index contributed by atoms with van der Waals surface area (Å²) in [7, 11) is 0. The summed E-state index contributed by atoms with van der Waals surface area (Å²) in [5, 5.41) is 0. The summed E-state index contributed by atoms with van der Waals surface area (Å²) in [6, 6.07) is 0.763. The van der Waals surface area contributed by atoms with Crippen molar-refractivity contribution in [1.82, 2.24) is 4.90 Å². The van der Waals surface area contributed by atoms with Gasteiger partial charge in [-0.15, -0.1) is 0 Å². The van der Waals surface area contributed by atoms with E-state index in [0.717, 1.165) is 12.5 Å². The molecule has 1 aliphatic carbocycles. The smallest absolute Gasteiger partial charge is 0.320 e. The second-order valence-corrected chi connectivity index (χ2v) is 6.60. The van der Waals surface area contributed by atoms with Crippen molar-refractivity contribution >= 4 is 5.97 Å². The number of nitrogens with two attached hydrogens (primary N) is 1. The molecule has 1 aliphatic rings. The Morgan fingerprint density at radius 3 is 2.57 bits per heavy atom. The lowest BCUT2D eigenvalue weighted by Gasteiger charge is -2.44. The molecule has 0 aromatic carbocycles. The van der Waals surface area contributed by atoms with Crippen molar-refractivity contribution in [2.75, 3.05) is 19.7 Å². The third-order valence-electron chi connectivity index (χ3n) is 4.77. The predicted octanol–water partition coefficient (Wildman–Crippen LogP) is 2.80. The molecule has 4 nitrogen and oxygen atoms in total. The van der Waals surface area contributed by atoms with Crippen molar-refractivity contribution < 1.29 is 9.53 Å². The van der Waals surface area contributed by atoms with Gasteiger partial charge in [0.05, 0.1) is 13.2 Å². The molecule has 21 heavy (non-hydrogen) atoms. The van der Waals surface area contributed by atoms with Crippen LogP contribution in [0, 0.1) is 11.8 Å². The second kappa shape index (κ2) is 9.42. The van der Waals surface area contributed by atoms with Crippen LogP contribution in [0.25, 0.3) is 0 Å². The Balaban J connectivity index is 2.77. The molecule has 0 aromatic heterocycles. The molecule has 0 aliphatic heterocycles. The quantitative estimate of drug-likeness (QED) is 0.700. The highest BCUT2D eigenvalue weighted by atomic mass is 16.5. The molecule has 3 atom stereocenters. The fourth-order valence-corrected chi connectivity index (χ4v) is 3.68. The lowest BCUT2D eigenvalue weighted by atomic mass is 9.75. The van der Waals surface area contributed by atoms with E-state index in [9.17, 15) is 4.79 Å². The Hall–Kier alpha value is -0.610. The maximum atomic E-state index is 11.9. The van der Waals surface area contributed by atoms with Gasteiger partial charge in [-0.1, -0.05) is 26.2 Å². The fraction of sp³-hybridized carbons (Fsp3) is 0.941. The first-order valence-electron chi connectivity index (χ1n) is 8.64. The van der Waals surface area contributed by atoms with Gasteiger partial charge in [0.2, 0.25) is 0 Å². The third kappa shape index (κ3) is 5.59. The molecule has 1 rings (SSSR count). The van der Waals surface area contributed by atoms with E-state index in [1.807, 2.05) is 6.92 Å². The number of carbonyl (C=O) groups is 1. The Kier molecular flexibility index (Phi) is 8.27. The van der Waals surface area contributed by atoms with Gasteiger partial charge < -0.3 is 10.5 Å². The lowest BCUT2D eigenvalue weighted by molar-refractivity contribution is -0.146. The molecule has 124 valence electrons. The number of rotatable bonds is 8. The van der Waals surface area contributed by atoms with Crippen LogP contribution in [0.1, 0.15) is 59.8 Å². The molecule has 0 heterocycles. The first-order valence-corrected chi connectivity index (χ1v) is 8.64. The molecule has 0 spiro atoms. The van der Waals surface area contributed by atoms with E-state index in [1.165, 1.54) is 32.1 Å². The molecule has 0 bridgehead atoms. The topological polar surface area (TPSA) is 55.6 Å². The largest absolute Gasteiger partial charge is 0.465 e. The van der Waals surface area contributed by atoms with Crippen molar-refractivity contribution in [2.45, 2.75) is 71.9 Å². The minimum Gasteiger partial charge on any atom is -0.465 e. The zero-order valence-corrected chi connectivity index (χ0v) is 14.3. The van der Waals surface area contributed by atoms with Gasteiger partial charge in [0.1, 0.15) is 0 Å². The predicted molar refractivity (Wildman–Crippen MR) is 87.1 cm³/mol. The van der Waals surface area contributed by atoms with Gasteiger partial charge >= 0.3 is 5.97 Å². The molecular formula is C17H34N2O2. The number of nitrogens with zero attached hydrogens (tertiary/aromatic N) is 1. The summed E-state index contributed by atoms with van der Waals surface area (Å²) in [5.41, 5.74) is 6.00. The summed E-state index contributed by atoms with van der Waals surface area (Å²) in [5.74, 6) is 1.18.